The number of fused-ring (bicyclic) bond motifs is 1. The third kappa shape index (κ3) is 3.03. The van der Waals surface area contributed by atoms with Crippen molar-refractivity contribution in [3.63, 3.8) is 0 Å². The summed E-state index contributed by atoms with van der Waals surface area (Å²) in [6.45, 7) is 3.76. The molecule has 0 aliphatic carbocycles. The van der Waals surface area contributed by atoms with Gasteiger partial charge in [-0.2, -0.15) is 5.10 Å². The molecular weight excluding hydrogens is 304 g/mol. The van der Waals surface area contributed by atoms with Crippen LogP contribution in [0.4, 0.5) is 5.69 Å². The highest BCUT2D eigenvalue weighted by Crippen LogP contribution is 2.17. The van der Waals surface area contributed by atoms with Crippen molar-refractivity contribution in [2.45, 2.75) is 26.4 Å². The first-order valence-corrected chi connectivity index (χ1v) is 7.76. The molecule has 6 heteroatoms. The fraction of sp³-hybridized carbons (Fsp3) is 0.222. The number of pyridine rings is 1. The molecule has 24 heavy (non-hydrogen) atoms. The van der Waals surface area contributed by atoms with Gasteiger partial charge in [0.05, 0.1) is 17.1 Å². The van der Waals surface area contributed by atoms with Gasteiger partial charge in [-0.1, -0.05) is 18.2 Å². The number of anilines is 1. The van der Waals surface area contributed by atoms with Gasteiger partial charge >= 0.3 is 0 Å². The maximum atomic E-state index is 12.8. The summed E-state index contributed by atoms with van der Waals surface area (Å²) in [6.07, 6.45) is 3.11. The van der Waals surface area contributed by atoms with E-state index in [-0.39, 0.29) is 24.1 Å². The predicted octanol–water partition coefficient (Wildman–Crippen LogP) is 2.23. The Morgan fingerprint density at radius 3 is 2.62 bits per heavy atom. The molecule has 1 amide bonds. The van der Waals surface area contributed by atoms with E-state index >= 15 is 0 Å². The summed E-state index contributed by atoms with van der Waals surface area (Å²) in [4.78, 5) is 31.0. The van der Waals surface area contributed by atoms with Crippen LogP contribution in [-0.2, 0) is 11.3 Å². The van der Waals surface area contributed by atoms with Crippen LogP contribution in [0.5, 0.6) is 0 Å². The van der Waals surface area contributed by atoms with Gasteiger partial charge in [0.2, 0.25) is 5.91 Å². The Morgan fingerprint density at radius 1 is 1.17 bits per heavy atom. The van der Waals surface area contributed by atoms with Gasteiger partial charge in [0.25, 0.3) is 5.56 Å². The van der Waals surface area contributed by atoms with E-state index in [1.807, 2.05) is 44.2 Å². The molecule has 0 N–H and O–H groups in total. The van der Waals surface area contributed by atoms with E-state index < -0.39 is 0 Å². The first-order chi connectivity index (χ1) is 11.6. The summed E-state index contributed by atoms with van der Waals surface area (Å²) in [6, 6.07) is 12.8. The number of rotatable bonds is 4. The lowest BCUT2D eigenvalue weighted by Gasteiger charge is -2.27. The predicted molar refractivity (Wildman–Crippen MR) is 92.9 cm³/mol. The third-order valence-corrected chi connectivity index (χ3v) is 3.73. The minimum atomic E-state index is -0.314. The quantitative estimate of drug-likeness (QED) is 0.739. The molecule has 3 aromatic rings. The average Bonchev–Trinajstić information content (AvgIpc) is 2.58. The molecule has 0 unspecified atom stereocenters. The molecule has 0 saturated carbocycles. The minimum Gasteiger partial charge on any atom is -0.308 e. The van der Waals surface area contributed by atoms with Gasteiger partial charge in [0.1, 0.15) is 6.54 Å². The number of aromatic nitrogens is 3. The first-order valence-electron chi connectivity index (χ1n) is 7.76. The van der Waals surface area contributed by atoms with Crippen LogP contribution < -0.4 is 10.5 Å². The summed E-state index contributed by atoms with van der Waals surface area (Å²) < 4.78 is 1.19. The molecule has 0 aliphatic heterocycles. The van der Waals surface area contributed by atoms with E-state index in [0.29, 0.717) is 10.9 Å². The number of hydrogen-bond donors (Lipinski definition) is 0. The highest BCUT2D eigenvalue weighted by molar-refractivity contribution is 5.93. The van der Waals surface area contributed by atoms with E-state index in [0.717, 1.165) is 5.69 Å². The maximum Gasteiger partial charge on any atom is 0.276 e. The molecule has 6 nitrogen and oxygen atoms in total. The van der Waals surface area contributed by atoms with Crippen LogP contribution in [0.15, 0.2) is 59.7 Å². The Morgan fingerprint density at radius 2 is 1.92 bits per heavy atom. The Bertz CT molecular complexity index is 919. The fourth-order valence-corrected chi connectivity index (χ4v) is 2.65. The van der Waals surface area contributed by atoms with Crippen molar-refractivity contribution >= 4 is 22.5 Å². The lowest BCUT2D eigenvalue weighted by atomic mass is 10.2. The van der Waals surface area contributed by atoms with Crippen molar-refractivity contribution in [1.82, 2.24) is 14.8 Å². The van der Waals surface area contributed by atoms with Crippen molar-refractivity contribution in [3.8, 4) is 0 Å². The zero-order valence-corrected chi connectivity index (χ0v) is 13.6. The van der Waals surface area contributed by atoms with Crippen molar-refractivity contribution in [2.24, 2.45) is 0 Å². The van der Waals surface area contributed by atoms with Gasteiger partial charge in [-0.15, -0.1) is 0 Å². The zero-order valence-electron chi connectivity index (χ0n) is 13.6. The molecule has 0 aliphatic rings. The van der Waals surface area contributed by atoms with E-state index in [4.69, 9.17) is 0 Å². The molecule has 0 bridgehead atoms. The molecule has 0 radical (unpaired) electrons. The smallest absolute Gasteiger partial charge is 0.276 e. The normalized spacial score (nSPS) is 11.0. The lowest BCUT2D eigenvalue weighted by molar-refractivity contribution is -0.119. The summed E-state index contributed by atoms with van der Waals surface area (Å²) in [5, 5.41) is 4.53. The SMILES string of the molecule is CC(C)N(C(=O)Cn1ncc2ncccc2c1=O)c1ccccc1. The first kappa shape index (κ1) is 15.9. The van der Waals surface area contributed by atoms with E-state index in [1.54, 1.807) is 23.2 Å². The topological polar surface area (TPSA) is 68.1 Å². The number of amides is 1. The van der Waals surface area contributed by atoms with Crippen LogP contribution in [-0.4, -0.2) is 26.7 Å². The highest BCUT2D eigenvalue weighted by Gasteiger charge is 2.20. The molecule has 2 aromatic heterocycles. The van der Waals surface area contributed by atoms with Gasteiger partial charge in [0, 0.05) is 17.9 Å². The van der Waals surface area contributed by atoms with Crippen molar-refractivity contribution in [2.75, 3.05) is 4.90 Å². The number of hydrogen-bond acceptors (Lipinski definition) is 4. The Labute approximate surface area is 139 Å². The van der Waals surface area contributed by atoms with Gasteiger partial charge in [-0.05, 0) is 38.1 Å². The summed E-state index contributed by atoms with van der Waals surface area (Å²) in [5.41, 5.74) is 1.01. The van der Waals surface area contributed by atoms with Gasteiger partial charge in [-0.3, -0.25) is 14.6 Å². The van der Waals surface area contributed by atoms with Gasteiger partial charge in [-0.25, -0.2) is 4.68 Å². The molecule has 0 saturated heterocycles. The molecule has 2 heterocycles. The minimum absolute atomic E-state index is 0.0299. The lowest BCUT2D eigenvalue weighted by Crippen LogP contribution is -2.41. The number of carbonyl (C=O) groups is 1. The van der Waals surface area contributed by atoms with Crippen molar-refractivity contribution < 1.29 is 4.79 Å². The maximum absolute atomic E-state index is 12.8. The Hall–Kier alpha value is -3.02. The number of carbonyl (C=O) groups excluding carboxylic acids is 1. The van der Waals surface area contributed by atoms with Crippen LogP contribution >= 0.6 is 0 Å². The van der Waals surface area contributed by atoms with Crippen LogP contribution in [0.3, 0.4) is 0 Å². The highest BCUT2D eigenvalue weighted by atomic mass is 16.2. The number of benzene rings is 1. The Kier molecular flexibility index (Phi) is 4.37. The van der Waals surface area contributed by atoms with Gasteiger partial charge < -0.3 is 4.90 Å². The van der Waals surface area contributed by atoms with Crippen molar-refractivity contribution in [3.05, 3.63) is 65.2 Å². The second-order valence-electron chi connectivity index (χ2n) is 5.74. The number of nitrogens with zero attached hydrogens (tertiary/aromatic N) is 4. The summed E-state index contributed by atoms with van der Waals surface area (Å²) in [7, 11) is 0. The van der Waals surface area contributed by atoms with Gasteiger partial charge in [0.15, 0.2) is 0 Å². The van der Waals surface area contributed by atoms with Crippen molar-refractivity contribution in [1.29, 1.82) is 0 Å². The second kappa shape index (κ2) is 6.62. The molecule has 0 atom stereocenters. The number of para-hydroxylation sites is 1. The molecule has 1 aromatic carbocycles. The zero-order chi connectivity index (χ0) is 17.1. The fourth-order valence-electron chi connectivity index (χ4n) is 2.65. The monoisotopic (exact) mass is 322 g/mol. The van der Waals surface area contributed by atoms with Crippen LogP contribution in [0.25, 0.3) is 10.9 Å². The Balaban J connectivity index is 1.94. The molecule has 0 spiro atoms. The van der Waals surface area contributed by atoms with E-state index in [2.05, 4.69) is 10.1 Å². The van der Waals surface area contributed by atoms with Crippen LogP contribution in [0, 0.1) is 0 Å². The molecule has 3 rings (SSSR count). The standard InChI is InChI=1S/C18H18N4O2/c1-13(2)22(14-7-4-3-5-8-14)17(23)12-21-18(24)15-9-6-10-19-16(15)11-20-21/h3-11,13H,12H2,1-2H3. The average molecular weight is 322 g/mol. The second-order valence-corrected chi connectivity index (χ2v) is 5.74. The van der Waals surface area contributed by atoms with Crippen LogP contribution in [0.1, 0.15) is 13.8 Å². The third-order valence-electron chi connectivity index (χ3n) is 3.73. The van der Waals surface area contributed by atoms with E-state index in [9.17, 15) is 9.59 Å². The largest absolute Gasteiger partial charge is 0.308 e. The van der Waals surface area contributed by atoms with E-state index in [1.165, 1.54) is 10.9 Å². The summed E-state index contributed by atoms with van der Waals surface area (Å²) >= 11 is 0. The van der Waals surface area contributed by atoms with Crippen LogP contribution in [0.2, 0.25) is 0 Å². The molecule has 0 fully saturated rings. The molecular formula is C18H18N4O2. The summed E-state index contributed by atoms with van der Waals surface area (Å²) in [5.74, 6) is -0.186. The molecule has 122 valence electrons.